The molecule has 0 aromatic heterocycles. The van der Waals surface area contributed by atoms with Gasteiger partial charge >= 0.3 is 11.9 Å². The Morgan fingerprint density at radius 3 is 2.00 bits per heavy atom. The average Bonchev–Trinajstić information content (AvgIpc) is 2.44. The number of carbonyl (C=O) groups is 2. The summed E-state index contributed by atoms with van der Waals surface area (Å²) < 4.78 is 5.15. The van der Waals surface area contributed by atoms with Gasteiger partial charge in [-0.15, -0.1) is 0 Å². The molecule has 0 radical (unpaired) electrons. The Balaban J connectivity index is 0.000000688. The fourth-order valence-corrected chi connectivity index (χ4v) is 1.53. The summed E-state index contributed by atoms with van der Waals surface area (Å²) in [5.74, 6) is -1.03. The number of hydrogen-bond donors (Lipinski definition) is 2. The molecule has 1 aromatic rings. The highest BCUT2D eigenvalue weighted by atomic mass is 16.5. The fraction of sp³-hybridized carbons (Fsp3) is 0.556. The molecule has 1 rings (SSSR count). The number of carboxylic acid groups (broad SMARTS) is 1. The number of phenolic OH excluding ortho intramolecular Hbond substituents is 1. The largest absolute Gasteiger partial charge is 0.508 e. The number of rotatable bonds is 5. The first-order chi connectivity index (χ1) is 10.6. The van der Waals surface area contributed by atoms with Crippen LogP contribution in [-0.2, 0) is 14.3 Å². The Morgan fingerprint density at radius 1 is 1.09 bits per heavy atom. The van der Waals surface area contributed by atoms with Gasteiger partial charge in [0.05, 0.1) is 18.4 Å². The first kappa shape index (κ1) is 21.0. The first-order valence-corrected chi connectivity index (χ1v) is 7.75. The molecule has 0 heterocycles. The van der Waals surface area contributed by atoms with Gasteiger partial charge in [-0.1, -0.05) is 46.8 Å². The minimum atomic E-state index is -0.741. The third kappa shape index (κ3) is 8.24. The van der Waals surface area contributed by atoms with Gasteiger partial charge in [-0.3, -0.25) is 9.59 Å². The molecule has 0 saturated carbocycles. The zero-order chi connectivity index (χ0) is 18.2. The van der Waals surface area contributed by atoms with Crippen LogP contribution in [0.4, 0.5) is 0 Å². The third-order valence-corrected chi connectivity index (χ3v) is 3.16. The molecule has 0 spiro atoms. The van der Waals surface area contributed by atoms with E-state index >= 15 is 0 Å². The molecule has 1 aromatic carbocycles. The van der Waals surface area contributed by atoms with Gasteiger partial charge in [0, 0.05) is 11.5 Å². The molecule has 5 heteroatoms. The number of aromatic hydroxyl groups is 1. The number of phenols is 1. The third-order valence-electron chi connectivity index (χ3n) is 3.16. The topological polar surface area (TPSA) is 83.8 Å². The van der Waals surface area contributed by atoms with Crippen LogP contribution in [0.1, 0.15) is 51.7 Å². The fourth-order valence-electron chi connectivity index (χ4n) is 1.53. The number of carbonyl (C=O) groups excluding carboxylic acids is 1. The summed E-state index contributed by atoms with van der Waals surface area (Å²) in [6.07, 6.45) is 0. The second-order valence-electron chi connectivity index (χ2n) is 6.24. The van der Waals surface area contributed by atoms with Gasteiger partial charge in [-0.05, 0) is 18.6 Å². The van der Waals surface area contributed by atoms with Crippen LogP contribution in [0, 0.1) is 18.8 Å². The van der Waals surface area contributed by atoms with Gasteiger partial charge in [0.15, 0.2) is 0 Å². The predicted molar refractivity (Wildman–Crippen MR) is 89.5 cm³/mol. The summed E-state index contributed by atoms with van der Waals surface area (Å²) in [6, 6.07) is 5.53. The molecule has 1 unspecified atom stereocenters. The molecule has 0 aliphatic heterocycles. The highest BCUT2D eigenvalue weighted by Gasteiger charge is 2.14. The Hall–Kier alpha value is -2.04. The molecule has 0 aliphatic carbocycles. The lowest BCUT2D eigenvalue weighted by Gasteiger charge is -2.15. The van der Waals surface area contributed by atoms with Crippen LogP contribution in [0.2, 0.25) is 0 Å². The molecule has 23 heavy (non-hydrogen) atoms. The summed E-state index contributed by atoms with van der Waals surface area (Å²) in [5, 5.41) is 17.8. The van der Waals surface area contributed by atoms with Gasteiger partial charge in [0.1, 0.15) is 5.75 Å². The highest BCUT2D eigenvalue weighted by Crippen LogP contribution is 2.26. The van der Waals surface area contributed by atoms with E-state index in [2.05, 4.69) is 0 Å². The van der Waals surface area contributed by atoms with E-state index in [9.17, 15) is 14.7 Å². The lowest BCUT2D eigenvalue weighted by atomic mass is 9.99. The Morgan fingerprint density at radius 2 is 1.61 bits per heavy atom. The van der Waals surface area contributed by atoms with Crippen LogP contribution in [0.15, 0.2) is 18.2 Å². The molecule has 0 amide bonds. The van der Waals surface area contributed by atoms with Crippen molar-refractivity contribution >= 4 is 11.9 Å². The molecule has 0 aliphatic rings. The van der Waals surface area contributed by atoms with E-state index in [-0.39, 0.29) is 29.5 Å². The maximum atomic E-state index is 11.3. The minimum Gasteiger partial charge on any atom is -0.508 e. The smallest absolute Gasteiger partial charge is 0.308 e. The molecule has 0 bridgehead atoms. The number of aliphatic carboxylic acids is 1. The van der Waals surface area contributed by atoms with Gasteiger partial charge in [0.2, 0.25) is 0 Å². The number of aryl methyl sites for hydroxylation is 1. The monoisotopic (exact) mass is 324 g/mol. The van der Waals surface area contributed by atoms with Crippen molar-refractivity contribution in [2.45, 2.75) is 47.5 Å². The second kappa shape index (κ2) is 9.87. The van der Waals surface area contributed by atoms with Gasteiger partial charge < -0.3 is 14.9 Å². The zero-order valence-corrected chi connectivity index (χ0v) is 14.8. The van der Waals surface area contributed by atoms with Crippen LogP contribution < -0.4 is 0 Å². The Labute approximate surface area is 138 Å². The number of carboxylic acids is 1. The molecule has 0 saturated heterocycles. The summed E-state index contributed by atoms with van der Waals surface area (Å²) in [4.78, 5) is 21.0. The van der Waals surface area contributed by atoms with E-state index in [1.807, 2.05) is 26.0 Å². The quantitative estimate of drug-likeness (QED) is 0.806. The normalized spacial score (nSPS) is 11.7. The van der Waals surface area contributed by atoms with Crippen molar-refractivity contribution in [2.24, 2.45) is 11.8 Å². The summed E-state index contributed by atoms with van der Waals surface area (Å²) >= 11 is 0. The summed E-state index contributed by atoms with van der Waals surface area (Å²) in [5.41, 5.74) is 1.82. The van der Waals surface area contributed by atoms with Crippen LogP contribution in [0.5, 0.6) is 5.75 Å². The predicted octanol–water partition coefficient (Wildman–Crippen LogP) is 3.73. The Bertz CT molecular complexity index is 520. The van der Waals surface area contributed by atoms with Gasteiger partial charge in [-0.2, -0.15) is 0 Å². The van der Waals surface area contributed by atoms with E-state index in [1.54, 1.807) is 33.8 Å². The standard InChI is InChI=1S/C14H20O3.C4H8O2/c1-9(2)14(16)17-8-11(4)12-6-5-10(3)7-13(12)15;1-3(2)4(5)6/h5-7,9,11,15H,8H2,1-4H3;3H,1-2H3,(H,5,6). The molecular formula is C18H28O5. The van der Waals surface area contributed by atoms with Gasteiger partial charge in [0.25, 0.3) is 0 Å². The van der Waals surface area contributed by atoms with E-state index in [0.717, 1.165) is 11.1 Å². The number of benzene rings is 1. The first-order valence-electron chi connectivity index (χ1n) is 7.75. The Kier molecular flexibility index (Phi) is 9.00. The molecule has 2 N–H and O–H groups in total. The van der Waals surface area contributed by atoms with Gasteiger partial charge in [-0.25, -0.2) is 0 Å². The van der Waals surface area contributed by atoms with Crippen LogP contribution in [-0.4, -0.2) is 28.8 Å². The number of hydrogen-bond acceptors (Lipinski definition) is 4. The van der Waals surface area contributed by atoms with E-state index in [1.165, 1.54) is 0 Å². The molecule has 0 fully saturated rings. The minimum absolute atomic E-state index is 0.00157. The maximum absolute atomic E-state index is 11.3. The van der Waals surface area contributed by atoms with Crippen molar-refractivity contribution < 1.29 is 24.5 Å². The van der Waals surface area contributed by atoms with Crippen molar-refractivity contribution in [1.29, 1.82) is 0 Å². The SMILES string of the molecule is CC(C)C(=O)O.Cc1ccc(C(C)COC(=O)C(C)C)c(O)c1. The highest BCUT2D eigenvalue weighted by molar-refractivity contribution is 5.71. The number of esters is 1. The van der Waals surface area contributed by atoms with Crippen LogP contribution in [0.3, 0.4) is 0 Å². The zero-order valence-electron chi connectivity index (χ0n) is 14.8. The lowest BCUT2D eigenvalue weighted by Crippen LogP contribution is -2.15. The summed E-state index contributed by atoms with van der Waals surface area (Å²) in [6.45, 7) is 11.0. The van der Waals surface area contributed by atoms with E-state index < -0.39 is 5.97 Å². The lowest BCUT2D eigenvalue weighted by molar-refractivity contribution is -0.147. The number of ether oxygens (including phenoxy) is 1. The van der Waals surface area contributed by atoms with E-state index in [4.69, 9.17) is 9.84 Å². The summed E-state index contributed by atoms with van der Waals surface area (Å²) in [7, 11) is 0. The molecular weight excluding hydrogens is 296 g/mol. The van der Waals surface area contributed by atoms with Crippen LogP contribution >= 0.6 is 0 Å². The van der Waals surface area contributed by atoms with E-state index in [0.29, 0.717) is 6.61 Å². The van der Waals surface area contributed by atoms with Crippen molar-refractivity contribution in [3.63, 3.8) is 0 Å². The van der Waals surface area contributed by atoms with Crippen molar-refractivity contribution in [3.05, 3.63) is 29.3 Å². The molecule has 130 valence electrons. The molecule has 5 nitrogen and oxygen atoms in total. The average molecular weight is 324 g/mol. The second-order valence-corrected chi connectivity index (χ2v) is 6.24. The maximum Gasteiger partial charge on any atom is 0.308 e. The van der Waals surface area contributed by atoms with Crippen molar-refractivity contribution in [1.82, 2.24) is 0 Å². The van der Waals surface area contributed by atoms with Crippen molar-refractivity contribution in [3.8, 4) is 5.75 Å². The van der Waals surface area contributed by atoms with Crippen LogP contribution in [0.25, 0.3) is 0 Å². The van der Waals surface area contributed by atoms with Crippen molar-refractivity contribution in [2.75, 3.05) is 6.61 Å². The molecule has 1 atom stereocenters.